The standard InChI is InChI=1S/C16H24N4O2.C2H6/c1-11(19(4)16(22)18-13(3)21)5-6-12(2)20-10-8-14-15(20)7-9-17-14;1-2/h5-6,14-15,17H,1-2,7-10H2,3-4H3,(H,18,21,22);1-2H3/b6-5-;. The molecule has 2 N–H and O–H groups in total. The minimum atomic E-state index is -0.492. The summed E-state index contributed by atoms with van der Waals surface area (Å²) in [7, 11) is 1.57. The lowest BCUT2D eigenvalue weighted by molar-refractivity contribution is -0.118. The molecule has 134 valence electrons. The Morgan fingerprint density at radius 3 is 2.54 bits per heavy atom. The third-order valence-corrected chi connectivity index (χ3v) is 4.25. The first-order valence-corrected chi connectivity index (χ1v) is 8.51. The number of likely N-dealkylation sites (N-methyl/N-ethyl adjacent to an activating group) is 1. The van der Waals surface area contributed by atoms with Crippen molar-refractivity contribution >= 4 is 11.9 Å². The Kier molecular flexibility index (Phi) is 7.71. The number of carbonyl (C=O) groups is 2. The van der Waals surface area contributed by atoms with Gasteiger partial charge in [-0.1, -0.05) is 27.0 Å². The first kappa shape index (κ1) is 20.0. The molecule has 2 unspecified atom stereocenters. The van der Waals surface area contributed by atoms with Crippen molar-refractivity contribution in [3.05, 3.63) is 36.7 Å². The van der Waals surface area contributed by atoms with Crippen LogP contribution >= 0.6 is 0 Å². The number of hydrogen-bond acceptors (Lipinski definition) is 4. The maximum absolute atomic E-state index is 11.7. The second-order valence-electron chi connectivity index (χ2n) is 5.76. The summed E-state index contributed by atoms with van der Waals surface area (Å²) < 4.78 is 0. The third-order valence-electron chi connectivity index (χ3n) is 4.25. The van der Waals surface area contributed by atoms with Gasteiger partial charge in [0.15, 0.2) is 0 Å². The van der Waals surface area contributed by atoms with E-state index in [0.717, 1.165) is 31.6 Å². The van der Waals surface area contributed by atoms with E-state index in [4.69, 9.17) is 0 Å². The predicted octanol–water partition coefficient (Wildman–Crippen LogP) is 2.22. The number of imide groups is 1. The summed E-state index contributed by atoms with van der Waals surface area (Å²) in [4.78, 5) is 26.2. The lowest BCUT2D eigenvalue weighted by Gasteiger charge is -2.26. The first-order valence-electron chi connectivity index (χ1n) is 8.51. The van der Waals surface area contributed by atoms with E-state index >= 15 is 0 Å². The van der Waals surface area contributed by atoms with Crippen molar-refractivity contribution in [3.8, 4) is 0 Å². The van der Waals surface area contributed by atoms with Crippen molar-refractivity contribution in [3.63, 3.8) is 0 Å². The molecule has 6 heteroatoms. The molecule has 3 amide bonds. The van der Waals surface area contributed by atoms with Crippen LogP contribution in [0.1, 0.15) is 33.6 Å². The Balaban J connectivity index is 0.00000139. The summed E-state index contributed by atoms with van der Waals surface area (Å²) in [6.07, 6.45) is 5.90. The van der Waals surface area contributed by atoms with Gasteiger partial charge in [-0.05, 0) is 31.5 Å². The predicted molar refractivity (Wildman–Crippen MR) is 97.3 cm³/mol. The van der Waals surface area contributed by atoms with E-state index in [-0.39, 0.29) is 0 Å². The van der Waals surface area contributed by atoms with Gasteiger partial charge >= 0.3 is 6.03 Å². The van der Waals surface area contributed by atoms with Gasteiger partial charge in [0.05, 0.1) is 0 Å². The summed E-state index contributed by atoms with van der Waals surface area (Å²) >= 11 is 0. The van der Waals surface area contributed by atoms with Crippen LogP contribution in [0.25, 0.3) is 0 Å². The molecule has 0 radical (unpaired) electrons. The molecule has 0 aliphatic carbocycles. The van der Waals surface area contributed by atoms with Crippen molar-refractivity contribution in [1.29, 1.82) is 0 Å². The highest BCUT2D eigenvalue weighted by molar-refractivity contribution is 5.93. The fourth-order valence-electron chi connectivity index (χ4n) is 2.99. The molecule has 2 saturated heterocycles. The molecule has 2 aliphatic heterocycles. The van der Waals surface area contributed by atoms with Gasteiger partial charge in [-0.15, -0.1) is 0 Å². The number of fused-ring (bicyclic) bond motifs is 1. The van der Waals surface area contributed by atoms with E-state index in [0.29, 0.717) is 17.8 Å². The molecular weight excluding hydrogens is 304 g/mol. The number of likely N-dealkylation sites (tertiary alicyclic amines) is 1. The van der Waals surface area contributed by atoms with E-state index in [1.807, 2.05) is 19.9 Å². The van der Waals surface area contributed by atoms with E-state index < -0.39 is 11.9 Å². The molecule has 0 aromatic heterocycles. The number of hydrogen-bond donors (Lipinski definition) is 2. The average Bonchev–Trinajstić information content (AvgIpc) is 3.15. The van der Waals surface area contributed by atoms with Gasteiger partial charge in [0, 0.05) is 44.0 Å². The molecule has 2 atom stereocenters. The van der Waals surface area contributed by atoms with Crippen LogP contribution in [0.15, 0.2) is 36.7 Å². The molecule has 2 heterocycles. The Bertz CT molecular complexity index is 527. The van der Waals surface area contributed by atoms with Crippen LogP contribution in [-0.4, -0.2) is 54.0 Å². The van der Waals surface area contributed by atoms with E-state index in [1.165, 1.54) is 11.8 Å². The number of urea groups is 1. The molecule has 2 rings (SSSR count). The minimum Gasteiger partial charge on any atom is -0.367 e. The van der Waals surface area contributed by atoms with Crippen LogP contribution < -0.4 is 10.6 Å². The molecule has 0 spiro atoms. The molecule has 0 bridgehead atoms. The molecule has 24 heavy (non-hydrogen) atoms. The fraction of sp³-hybridized carbons (Fsp3) is 0.556. The number of carbonyl (C=O) groups excluding carboxylic acids is 2. The molecule has 2 fully saturated rings. The first-order chi connectivity index (χ1) is 11.4. The maximum atomic E-state index is 11.7. The van der Waals surface area contributed by atoms with Crippen molar-refractivity contribution in [2.24, 2.45) is 0 Å². The maximum Gasteiger partial charge on any atom is 0.328 e. The average molecular weight is 334 g/mol. The van der Waals surface area contributed by atoms with Crippen LogP contribution in [0.4, 0.5) is 4.79 Å². The van der Waals surface area contributed by atoms with Crippen LogP contribution in [0, 0.1) is 0 Å². The third kappa shape index (κ3) is 4.96. The highest BCUT2D eigenvalue weighted by atomic mass is 16.2. The molecular formula is C18H30N4O2. The summed E-state index contributed by atoms with van der Waals surface area (Å²) in [5.74, 6) is -0.394. The zero-order valence-corrected chi connectivity index (χ0v) is 15.3. The quantitative estimate of drug-likeness (QED) is 0.774. The van der Waals surface area contributed by atoms with Gasteiger partial charge in [-0.2, -0.15) is 0 Å². The monoisotopic (exact) mass is 334 g/mol. The Hall–Kier alpha value is -2.08. The van der Waals surface area contributed by atoms with Gasteiger partial charge in [0.2, 0.25) is 5.91 Å². The second kappa shape index (κ2) is 9.27. The Labute approximate surface area is 145 Å². The highest BCUT2D eigenvalue weighted by Crippen LogP contribution is 2.28. The largest absolute Gasteiger partial charge is 0.367 e. The van der Waals surface area contributed by atoms with Gasteiger partial charge in [-0.25, -0.2) is 4.79 Å². The number of rotatable bonds is 4. The van der Waals surface area contributed by atoms with E-state index in [9.17, 15) is 9.59 Å². The lowest BCUT2D eigenvalue weighted by Crippen LogP contribution is -2.38. The molecule has 2 aliphatic rings. The Morgan fingerprint density at radius 1 is 1.25 bits per heavy atom. The van der Waals surface area contributed by atoms with Gasteiger partial charge in [0.25, 0.3) is 0 Å². The summed E-state index contributed by atoms with van der Waals surface area (Å²) in [6.45, 7) is 15.3. The number of amides is 3. The SMILES string of the molecule is C=C(/C=C\C(=C)N1CCC2NCCC21)N(C)C(=O)NC(C)=O.CC. The molecule has 0 aromatic carbocycles. The minimum absolute atomic E-state index is 0.394. The van der Waals surface area contributed by atoms with Crippen LogP contribution in [0.2, 0.25) is 0 Å². The van der Waals surface area contributed by atoms with E-state index in [2.05, 4.69) is 28.7 Å². The number of nitrogens with one attached hydrogen (secondary N) is 2. The fourth-order valence-corrected chi connectivity index (χ4v) is 2.99. The summed E-state index contributed by atoms with van der Waals surface area (Å²) in [5, 5.41) is 5.71. The molecule has 6 nitrogen and oxygen atoms in total. The lowest BCUT2D eigenvalue weighted by atomic mass is 10.1. The normalized spacial score (nSPS) is 21.8. The number of allylic oxidation sites excluding steroid dienone is 2. The van der Waals surface area contributed by atoms with Crippen molar-refractivity contribution in [2.45, 2.75) is 45.7 Å². The van der Waals surface area contributed by atoms with Crippen LogP contribution in [0.5, 0.6) is 0 Å². The van der Waals surface area contributed by atoms with Gasteiger partial charge < -0.3 is 10.2 Å². The van der Waals surface area contributed by atoms with E-state index in [1.54, 1.807) is 13.1 Å². The molecule has 0 aromatic rings. The van der Waals surface area contributed by atoms with Crippen molar-refractivity contribution < 1.29 is 9.59 Å². The van der Waals surface area contributed by atoms with Gasteiger partial charge in [0.1, 0.15) is 0 Å². The number of nitrogens with zero attached hydrogens (tertiary/aromatic N) is 2. The summed E-state index contributed by atoms with van der Waals surface area (Å²) in [6, 6.07) is 0.593. The second-order valence-corrected chi connectivity index (χ2v) is 5.76. The summed E-state index contributed by atoms with van der Waals surface area (Å²) in [5.41, 5.74) is 1.43. The molecule has 0 saturated carbocycles. The zero-order valence-electron chi connectivity index (χ0n) is 15.3. The van der Waals surface area contributed by atoms with Crippen LogP contribution in [0.3, 0.4) is 0 Å². The highest BCUT2D eigenvalue weighted by Gasteiger charge is 2.37. The zero-order chi connectivity index (χ0) is 18.3. The topological polar surface area (TPSA) is 64.7 Å². The van der Waals surface area contributed by atoms with Crippen LogP contribution in [-0.2, 0) is 4.79 Å². The van der Waals surface area contributed by atoms with Crippen molar-refractivity contribution in [1.82, 2.24) is 20.4 Å². The smallest absolute Gasteiger partial charge is 0.328 e. The van der Waals surface area contributed by atoms with Crippen molar-refractivity contribution in [2.75, 3.05) is 20.1 Å². The Morgan fingerprint density at radius 2 is 1.92 bits per heavy atom. The van der Waals surface area contributed by atoms with Gasteiger partial charge in [-0.3, -0.25) is 15.0 Å².